The number of carbonyl (C=O) groups excluding carboxylic acids is 1. The summed E-state index contributed by atoms with van der Waals surface area (Å²) in [6, 6.07) is 5.21. The standard InChI is InChI=1S/C18H26FNO4/c1-12(11-13-7-5-6-8-14(13)19)16(21)20-15(17(22)23)9-10-24-18(2,3)4/h5-8,12,15H,9-11H2,1-4H3,(H,20,21)(H,22,23). The minimum absolute atomic E-state index is 0.171. The molecule has 0 aliphatic rings. The molecule has 1 rings (SSSR count). The fourth-order valence-corrected chi connectivity index (χ4v) is 2.14. The summed E-state index contributed by atoms with van der Waals surface area (Å²) in [4.78, 5) is 23.5. The highest BCUT2D eigenvalue weighted by molar-refractivity contribution is 5.84. The fourth-order valence-electron chi connectivity index (χ4n) is 2.14. The van der Waals surface area contributed by atoms with Gasteiger partial charge in [-0.05, 0) is 38.8 Å². The number of amides is 1. The van der Waals surface area contributed by atoms with E-state index in [9.17, 15) is 19.1 Å². The molecule has 0 radical (unpaired) electrons. The fraction of sp³-hybridized carbons (Fsp3) is 0.556. The molecule has 24 heavy (non-hydrogen) atoms. The zero-order valence-corrected chi connectivity index (χ0v) is 14.6. The van der Waals surface area contributed by atoms with Crippen molar-refractivity contribution in [2.75, 3.05) is 6.61 Å². The lowest BCUT2D eigenvalue weighted by molar-refractivity contribution is -0.143. The minimum Gasteiger partial charge on any atom is -0.480 e. The number of benzene rings is 1. The summed E-state index contributed by atoms with van der Waals surface area (Å²) in [5.41, 5.74) is 0.0636. The van der Waals surface area contributed by atoms with Gasteiger partial charge in [0.15, 0.2) is 0 Å². The Morgan fingerprint density at radius 1 is 1.29 bits per heavy atom. The van der Waals surface area contributed by atoms with E-state index in [0.717, 1.165) is 0 Å². The van der Waals surface area contributed by atoms with Crippen molar-refractivity contribution >= 4 is 11.9 Å². The molecule has 0 aromatic heterocycles. The van der Waals surface area contributed by atoms with Crippen LogP contribution in [0.4, 0.5) is 4.39 Å². The molecule has 0 saturated carbocycles. The third kappa shape index (κ3) is 7.08. The SMILES string of the molecule is CC(Cc1ccccc1F)C(=O)NC(CCOC(C)(C)C)C(=O)O. The van der Waals surface area contributed by atoms with E-state index >= 15 is 0 Å². The first-order valence-corrected chi connectivity index (χ1v) is 8.00. The van der Waals surface area contributed by atoms with Gasteiger partial charge in [0.2, 0.25) is 5.91 Å². The summed E-state index contributed by atoms with van der Waals surface area (Å²) in [5, 5.41) is 11.7. The van der Waals surface area contributed by atoms with Crippen molar-refractivity contribution in [3.05, 3.63) is 35.6 Å². The second kappa shape index (κ2) is 8.78. The van der Waals surface area contributed by atoms with Gasteiger partial charge in [-0.15, -0.1) is 0 Å². The third-order valence-corrected chi connectivity index (χ3v) is 3.49. The van der Waals surface area contributed by atoms with Crippen LogP contribution in [0.5, 0.6) is 0 Å². The lowest BCUT2D eigenvalue weighted by atomic mass is 9.99. The van der Waals surface area contributed by atoms with Gasteiger partial charge in [-0.2, -0.15) is 0 Å². The number of halogens is 1. The van der Waals surface area contributed by atoms with Gasteiger partial charge in [-0.3, -0.25) is 4.79 Å². The number of carbonyl (C=O) groups is 2. The summed E-state index contributed by atoms with van der Waals surface area (Å²) in [6.45, 7) is 7.49. The van der Waals surface area contributed by atoms with Gasteiger partial charge in [0.25, 0.3) is 0 Å². The number of aliphatic carboxylic acids is 1. The van der Waals surface area contributed by atoms with Gasteiger partial charge in [-0.25, -0.2) is 9.18 Å². The van der Waals surface area contributed by atoms with Crippen molar-refractivity contribution < 1.29 is 23.8 Å². The maximum Gasteiger partial charge on any atom is 0.326 e. The van der Waals surface area contributed by atoms with Crippen molar-refractivity contribution in [1.29, 1.82) is 0 Å². The zero-order valence-electron chi connectivity index (χ0n) is 14.6. The van der Waals surface area contributed by atoms with Crippen molar-refractivity contribution in [3.63, 3.8) is 0 Å². The molecule has 5 nitrogen and oxygen atoms in total. The van der Waals surface area contributed by atoms with Crippen molar-refractivity contribution in [3.8, 4) is 0 Å². The minimum atomic E-state index is -1.11. The first-order valence-electron chi connectivity index (χ1n) is 8.00. The van der Waals surface area contributed by atoms with Crippen LogP contribution in [0.1, 0.15) is 39.7 Å². The molecular formula is C18H26FNO4. The molecule has 0 aliphatic heterocycles. The van der Waals surface area contributed by atoms with Crippen molar-refractivity contribution in [2.24, 2.45) is 5.92 Å². The third-order valence-electron chi connectivity index (χ3n) is 3.49. The summed E-state index contributed by atoms with van der Waals surface area (Å²) >= 11 is 0. The molecule has 6 heteroatoms. The Bertz CT molecular complexity index is 568. The number of hydrogen-bond acceptors (Lipinski definition) is 3. The number of hydrogen-bond donors (Lipinski definition) is 2. The van der Waals surface area contributed by atoms with Crippen LogP contribution in [0.2, 0.25) is 0 Å². The van der Waals surface area contributed by atoms with Crippen molar-refractivity contribution in [2.45, 2.75) is 52.2 Å². The summed E-state index contributed by atoms with van der Waals surface area (Å²) < 4.78 is 19.1. The predicted octanol–water partition coefficient (Wildman–Crippen LogP) is 2.78. The van der Waals surface area contributed by atoms with E-state index in [4.69, 9.17) is 4.74 Å². The average Bonchev–Trinajstić information content (AvgIpc) is 2.47. The molecule has 1 amide bonds. The van der Waals surface area contributed by atoms with Crippen LogP contribution in [0.25, 0.3) is 0 Å². The molecule has 2 atom stereocenters. The molecule has 0 heterocycles. The molecule has 2 N–H and O–H groups in total. The van der Waals surface area contributed by atoms with E-state index in [1.54, 1.807) is 25.1 Å². The highest BCUT2D eigenvalue weighted by Crippen LogP contribution is 2.13. The first kappa shape index (κ1) is 20.1. The summed E-state index contributed by atoms with van der Waals surface area (Å²) in [6.07, 6.45) is 0.383. The predicted molar refractivity (Wildman–Crippen MR) is 89.2 cm³/mol. The Balaban J connectivity index is 2.58. The van der Waals surface area contributed by atoms with Gasteiger partial charge in [0.1, 0.15) is 11.9 Å². The summed E-state index contributed by atoms with van der Waals surface area (Å²) in [7, 11) is 0. The van der Waals surface area contributed by atoms with Crippen LogP contribution >= 0.6 is 0 Å². The van der Waals surface area contributed by atoms with Crippen molar-refractivity contribution in [1.82, 2.24) is 5.32 Å². The molecule has 0 fully saturated rings. The smallest absolute Gasteiger partial charge is 0.326 e. The second-order valence-corrected chi connectivity index (χ2v) is 6.85. The normalized spacial score (nSPS) is 14.0. The van der Waals surface area contributed by atoms with E-state index < -0.39 is 23.8 Å². The molecule has 0 saturated heterocycles. The van der Waals surface area contributed by atoms with Crippen LogP contribution in [-0.2, 0) is 20.7 Å². The molecule has 134 valence electrons. The van der Waals surface area contributed by atoms with Gasteiger partial charge in [0, 0.05) is 18.9 Å². The maximum atomic E-state index is 13.6. The van der Waals surface area contributed by atoms with Crippen LogP contribution < -0.4 is 5.32 Å². The van der Waals surface area contributed by atoms with Gasteiger partial charge in [-0.1, -0.05) is 25.1 Å². The van der Waals surface area contributed by atoms with Gasteiger partial charge < -0.3 is 15.2 Å². The number of carboxylic acids is 1. The monoisotopic (exact) mass is 339 g/mol. The first-order chi connectivity index (χ1) is 11.1. The molecule has 0 spiro atoms. The Kier molecular flexibility index (Phi) is 7.35. The summed E-state index contributed by atoms with van der Waals surface area (Å²) in [5.74, 6) is -2.43. The van der Waals surface area contributed by atoms with E-state index in [1.807, 2.05) is 20.8 Å². The number of carboxylic acid groups (broad SMARTS) is 1. The highest BCUT2D eigenvalue weighted by atomic mass is 19.1. The molecule has 0 bridgehead atoms. The molecule has 1 aromatic carbocycles. The maximum absolute atomic E-state index is 13.6. The topological polar surface area (TPSA) is 75.6 Å². The van der Waals surface area contributed by atoms with Gasteiger partial charge in [0.05, 0.1) is 5.60 Å². The van der Waals surface area contributed by atoms with Crippen LogP contribution in [0.15, 0.2) is 24.3 Å². The zero-order chi connectivity index (χ0) is 18.3. The average molecular weight is 339 g/mol. The quantitative estimate of drug-likeness (QED) is 0.764. The Morgan fingerprint density at radius 3 is 2.46 bits per heavy atom. The lowest BCUT2D eigenvalue weighted by Crippen LogP contribution is -2.44. The highest BCUT2D eigenvalue weighted by Gasteiger charge is 2.24. The number of ether oxygens (including phenoxy) is 1. The Morgan fingerprint density at radius 2 is 1.92 bits per heavy atom. The lowest BCUT2D eigenvalue weighted by Gasteiger charge is -2.22. The Hall–Kier alpha value is -1.95. The van der Waals surface area contributed by atoms with E-state index in [0.29, 0.717) is 5.56 Å². The van der Waals surface area contributed by atoms with E-state index in [-0.39, 0.29) is 30.9 Å². The molecule has 2 unspecified atom stereocenters. The second-order valence-electron chi connectivity index (χ2n) is 6.85. The molecule has 1 aromatic rings. The molecule has 0 aliphatic carbocycles. The number of nitrogens with one attached hydrogen (secondary N) is 1. The van der Waals surface area contributed by atoms with Crippen LogP contribution in [0.3, 0.4) is 0 Å². The van der Waals surface area contributed by atoms with E-state index in [2.05, 4.69) is 5.32 Å². The largest absolute Gasteiger partial charge is 0.480 e. The van der Waals surface area contributed by atoms with Crippen LogP contribution in [0, 0.1) is 11.7 Å². The van der Waals surface area contributed by atoms with E-state index in [1.165, 1.54) is 6.07 Å². The van der Waals surface area contributed by atoms with Gasteiger partial charge >= 0.3 is 5.97 Å². The molecular weight excluding hydrogens is 313 g/mol. The number of rotatable bonds is 8. The van der Waals surface area contributed by atoms with Crippen LogP contribution in [-0.4, -0.2) is 35.2 Å². The Labute approximate surface area is 142 Å².